The minimum absolute atomic E-state index is 0.0315. The summed E-state index contributed by atoms with van der Waals surface area (Å²) >= 11 is 3.86. The number of nitrogens with two attached hydrogens (primary N) is 5. The fourth-order valence-corrected chi connectivity index (χ4v) is 4.67. The van der Waals surface area contributed by atoms with Crippen molar-refractivity contribution in [2.75, 3.05) is 25.4 Å². The number of aliphatic imine (C=N–C) groups is 2. The molecule has 290 valence electrons. The Balaban J connectivity index is 3.15. The largest absolute Gasteiger partial charge is 0.508 e. The highest BCUT2D eigenvalue weighted by Crippen LogP contribution is 2.12. The molecular formula is C30H50N12O9S. The van der Waals surface area contributed by atoms with Crippen molar-refractivity contribution >= 4 is 60.1 Å². The van der Waals surface area contributed by atoms with Gasteiger partial charge in [-0.05, 0) is 50.3 Å². The van der Waals surface area contributed by atoms with Gasteiger partial charge in [-0.1, -0.05) is 12.1 Å². The van der Waals surface area contributed by atoms with E-state index >= 15 is 0 Å². The zero-order chi connectivity index (χ0) is 39.4. The van der Waals surface area contributed by atoms with Crippen molar-refractivity contribution in [3.05, 3.63) is 29.8 Å². The number of nitrogens with one attached hydrogen (secondary N) is 5. The maximum atomic E-state index is 13.6. The molecule has 0 saturated carbocycles. The van der Waals surface area contributed by atoms with Crippen LogP contribution in [0.2, 0.25) is 0 Å². The Hall–Kier alpha value is -5.35. The molecule has 0 aliphatic rings. The van der Waals surface area contributed by atoms with Gasteiger partial charge in [0.2, 0.25) is 29.5 Å². The molecule has 0 aliphatic heterocycles. The van der Waals surface area contributed by atoms with Crippen molar-refractivity contribution in [2.45, 2.75) is 75.3 Å². The van der Waals surface area contributed by atoms with Crippen LogP contribution in [0.15, 0.2) is 34.3 Å². The number of guanidine groups is 2. The van der Waals surface area contributed by atoms with Gasteiger partial charge in [-0.3, -0.25) is 34.0 Å². The summed E-state index contributed by atoms with van der Waals surface area (Å²) < 4.78 is 0. The summed E-state index contributed by atoms with van der Waals surface area (Å²) in [5, 5.41) is 40.8. The van der Waals surface area contributed by atoms with Gasteiger partial charge in [0.1, 0.15) is 29.9 Å². The molecule has 0 radical (unpaired) electrons. The predicted molar refractivity (Wildman–Crippen MR) is 194 cm³/mol. The predicted octanol–water partition coefficient (Wildman–Crippen LogP) is -5.18. The second-order valence-corrected chi connectivity index (χ2v) is 11.9. The molecule has 21 nitrogen and oxygen atoms in total. The Morgan fingerprint density at radius 2 is 1.31 bits per heavy atom. The van der Waals surface area contributed by atoms with E-state index in [-0.39, 0.29) is 62.2 Å². The van der Waals surface area contributed by atoms with E-state index in [0.29, 0.717) is 12.0 Å². The fourth-order valence-electron chi connectivity index (χ4n) is 4.42. The molecule has 22 heteroatoms. The molecule has 0 spiro atoms. The fraction of sp³-hybridized carbons (Fsp3) is 0.533. The zero-order valence-electron chi connectivity index (χ0n) is 28.7. The molecule has 6 atom stereocenters. The van der Waals surface area contributed by atoms with E-state index in [1.54, 1.807) is 0 Å². The van der Waals surface area contributed by atoms with Crippen LogP contribution in [-0.2, 0) is 35.2 Å². The zero-order valence-corrected chi connectivity index (χ0v) is 29.6. The number of aromatic hydroxyl groups is 1. The third-order valence-electron chi connectivity index (χ3n) is 7.19. The van der Waals surface area contributed by atoms with E-state index in [9.17, 15) is 44.1 Å². The number of aliphatic hydroxyl groups excluding tert-OH is 1. The number of carboxylic acid groups (broad SMARTS) is 1. The maximum absolute atomic E-state index is 13.6. The van der Waals surface area contributed by atoms with Gasteiger partial charge in [-0.25, -0.2) is 4.79 Å². The molecule has 1 rings (SSSR count). The first-order valence-electron chi connectivity index (χ1n) is 16.1. The summed E-state index contributed by atoms with van der Waals surface area (Å²) in [4.78, 5) is 84.3. The smallest absolute Gasteiger partial charge is 0.327 e. The number of amides is 5. The van der Waals surface area contributed by atoms with Crippen molar-refractivity contribution in [2.24, 2.45) is 38.7 Å². The number of rotatable bonds is 23. The van der Waals surface area contributed by atoms with Crippen LogP contribution in [0.25, 0.3) is 0 Å². The summed E-state index contributed by atoms with van der Waals surface area (Å²) in [5.74, 6) is -6.22. The lowest BCUT2D eigenvalue weighted by Gasteiger charge is -2.25. The summed E-state index contributed by atoms with van der Waals surface area (Å²) in [5.41, 5.74) is 27.9. The second kappa shape index (κ2) is 23.2. The van der Waals surface area contributed by atoms with Gasteiger partial charge in [0.25, 0.3) is 0 Å². The number of nitrogens with zero attached hydrogens (tertiary/aromatic N) is 2. The molecule has 1 aromatic carbocycles. The number of hydrogen-bond acceptors (Lipinski definition) is 12. The highest BCUT2D eigenvalue weighted by atomic mass is 32.1. The van der Waals surface area contributed by atoms with Crippen LogP contribution in [0.1, 0.15) is 38.2 Å². The van der Waals surface area contributed by atoms with E-state index in [1.807, 2.05) is 0 Å². The molecule has 52 heavy (non-hydrogen) atoms. The third-order valence-corrected chi connectivity index (χ3v) is 7.56. The number of carbonyl (C=O) groups is 6. The van der Waals surface area contributed by atoms with Crippen molar-refractivity contribution in [1.29, 1.82) is 0 Å². The number of phenolic OH excluding ortho intramolecular Hbond substituents is 1. The quantitative estimate of drug-likeness (QED) is 0.0215. The number of carboxylic acids is 1. The maximum Gasteiger partial charge on any atom is 0.327 e. The van der Waals surface area contributed by atoms with Crippen LogP contribution in [0.4, 0.5) is 0 Å². The Kier molecular flexibility index (Phi) is 19.9. The highest BCUT2D eigenvalue weighted by molar-refractivity contribution is 7.80. The average molecular weight is 755 g/mol. The third kappa shape index (κ3) is 17.5. The highest BCUT2D eigenvalue weighted by Gasteiger charge is 2.31. The summed E-state index contributed by atoms with van der Waals surface area (Å²) in [6, 6.07) is -0.813. The summed E-state index contributed by atoms with van der Waals surface area (Å²) in [6.07, 6.45) is -0.754. The van der Waals surface area contributed by atoms with Crippen molar-refractivity contribution < 1.29 is 44.1 Å². The number of carbonyl (C=O) groups excluding carboxylic acids is 5. The first-order chi connectivity index (χ1) is 24.4. The van der Waals surface area contributed by atoms with E-state index in [2.05, 4.69) is 49.2 Å². The second-order valence-electron chi connectivity index (χ2n) is 11.6. The molecule has 0 saturated heterocycles. The molecule has 0 aliphatic carbocycles. The van der Waals surface area contributed by atoms with E-state index in [4.69, 9.17) is 28.7 Å². The topological polar surface area (TPSA) is 378 Å². The first kappa shape index (κ1) is 44.7. The van der Waals surface area contributed by atoms with Gasteiger partial charge in [0.05, 0.1) is 18.7 Å². The number of thiol groups is 1. The number of phenols is 1. The number of aliphatic carboxylic acids is 1. The molecule has 18 N–H and O–H groups in total. The Morgan fingerprint density at radius 3 is 1.83 bits per heavy atom. The number of hydrogen-bond donors (Lipinski definition) is 14. The average Bonchev–Trinajstić information content (AvgIpc) is 3.07. The van der Waals surface area contributed by atoms with Crippen molar-refractivity contribution in [3.8, 4) is 5.75 Å². The first-order valence-corrected chi connectivity index (χ1v) is 16.7. The van der Waals surface area contributed by atoms with Gasteiger partial charge in [0, 0.05) is 25.3 Å². The lowest BCUT2D eigenvalue weighted by molar-refractivity contribution is -0.142. The number of aliphatic hydroxyl groups is 1. The van der Waals surface area contributed by atoms with Crippen LogP contribution < -0.4 is 55.3 Å². The van der Waals surface area contributed by atoms with Crippen molar-refractivity contribution in [3.63, 3.8) is 0 Å². The van der Waals surface area contributed by atoms with Gasteiger partial charge >= 0.3 is 5.97 Å². The van der Waals surface area contributed by atoms with Gasteiger partial charge < -0.3 is 70.6 Å². The van der Waals surface area contributed by atoms with Crippen LogP contribution >= 0.6 is 12.6 Å². The Labute approximate surface area is 305 Å². The van der Waals surface area contributed by atoms with E-state index in [1.165, 1.54) is 31.2 Å². The monoisotopic (exact) mass is 754 g/mol. The van der Waals surface area contributed by atoms with E-state index in [0.717, 1.165) is 0 Å². The van der Waals surface area contributed by atoms with Crippen molar-refractivity contribution in [1.82, 2.24) is 26.6 Å². The molecule has 1 aromatic rings. The van der Waals surface area contributed by atoms with Crippen LogP contribution in [-0.4, -0.2) is 124 Å². The molecule has 6 unspecified atom stereocenters. The van der Waals surface area contributed by atoms with Crippen LogP contribution in [0, 0.1) is 0 Å². The SMILES string of the molecule is CC(O)C(NC(=O)CNC(=O)C(Cc1ccc(O)cc1)NC(=O)C(CCCN=C(N)N)NC(=O)C(N)CCCN=C(N)N)C(=O)NC(CS)C(=O)O. The number of benzene rings is 1. The van der Waals surface area contributed by atoms with Crippen LogP contribution in [0.5, 0.6) is 5.75 Å². The molecule has 0 heterocycles. The van der Waals surface area contributed by atoms with Crippen LogP contribution in [0.3, 0.4) is 0 Å². The van der Waals surface area contributed by atoms with Gasteiger partial charge in [-0.15, -0.1) is 0 Å². The molecular weight excluding hydrogens is 704 g/mol. The Morgan fingerprint density at radius 1 is 0.769 bits per heavy atom. The molecule has 0 aromatic heterocycles. The van der Waals surface area contributed by atoms with Gasteiger partial charge in [-0.2, -0.15) is 12.6 Å². The summed E-state index contributed by atoms with van der Waals surface area (Å²) in [6.45, 7) is 0.816. The normalized spacial score (nSPS) is 14.2. The lowest BCUT2D eigenvalue weighted by atomic mass is 10.0. The van der Waals surface area contributed by atoms with Gasteiger partial charge in [0.15, 0.2) is 11.9 Å². The Bertz CT molecular complexity index is 1420. The molecule has 5 amide bonds. The standard InChI is InChI=1S/C30H50N12O9S/c1-15(43)23(27(49)41-21(14-52)28(50)51)42-22(45)13-38-25(47)20(12-16-6-8-17(44)9-7-16)40-26(48)19(5-3-11-37-30(34)35)39-24(46)18(31)4-2-10-36-29(32)33/h6-9,15,18-21,23,43-44,52H,2-5,10-14,31H2,1H3,(H,38,47)(H,39,46)(H,40,48)(H,41,49)(H,42,45)(H,50,51)(H4,32,33,36)(H4,34,35,37). The van der Waals surface area contributed by atoms with E-state index < -0.39 is 78.4 Å². The molecule has 0 bridgehead atoms. The lowest BCUT2D eigenvalue weighted by Crippen LogP contribution is -2.58. The molecule has 0 fully saturated rings. The minimum Gasteiger partial charge on any atom is -0.508 e. The minimum atomic E-state index is -1.58. The summed E-state index contributed by atoms with van der Waals surface area (Å²) in [7, 11) is 0.